The number of carbonyl (C=O) groups is 1. The summed E-state index contributed by atoms with van der Waals surface area (Å²) in [6, 6.07) is -0.0533. The molecule has 0 aliphatic carbocycles. The molecule has 3 nitrogen and oxygen atoms in total. The summed E-state index contributed by atoms with van der Waals surface area (Å²) >= 11 is 0. The van der Waals surface area contributed by atoms with Crippen LogP contribution >= 0.6 is 0 Å². The summed E-state index contributed by atoms with van der Waals surface area (Å²) in [6.07, 6.45) is 1.43. The summed E-state index contributed by atoms with van der Waals surface area (Å²) in [5.74, 6) is 0.980. The maximum Gasteiger partial charge on any atom is 0.321 e. The van der Waals surface area contributed by atoms with Gasteiger partial charge < -0.3 is 10.2 Å². The van der Waals surface area contributed by atoms with Gasteiger partial charge in [0, 0.05) is 13.1 Å². The van der Waals surface area contributed by atoms with E-state index in [1.807, 2.05) is 4.90 Å². The minimum Gasteiger partial charge on any atom is -0.324 e. The fourth-order valence-electron chi connectivity index (χ4n) is 1.30. The molecule has 0 rings (SSSR count). The predicted octanol–water partition coefficient (Wildman–Crippen LogP) is 2.45. The van der Waals surface area contributed by atoms with Gasteiger partial charge in [0.2, 0.25) is 0 Å². The maximum atomic E-state index is 11.6. The van der Waals surface area contributed by atoms with Crippen LogP contribution in [0.4, 0.5) is 4.79 Å². The minimum atomic E-state index is -0.0533. The summed E-state index contributed by atoms with van der Waals surface area (Å²) in [6.45, 7) is 13.5. The highest BCUT2D eigenvalue weighted by molar-refractivity contribution is 5.75. The first-order valence-electron chi connectivity index (χ1n) is 5.13. The van der Waals surface area contributed by atoms with Crippen molar-refractivity contribution in [3.05, 3.63) is 12.8 Å². The van der Waals surface area contributed by atoms with E-state index in [0.717, 1.165) is 13.1 Å². The van der Waals surface area contributed by atoms with Gasteiger partial charge in [-0.3, -0.25) is 0 Å². The van der Waals surface area contributed by atoms with Crippen LogP contribution in [-0.2, 0) is 0 Å². The Balaban J connectivity index is 4.22. The van der Waals surface area contributed by atoms with Crippen LogP contribution in [0.5, 0.6) is 0 Å². The molecule has 0 radical (unpaired) electrons. The third-order valence-corrected chi connectivity index (χ3v) is 1.68. The summed E-state index contributed by atoms with van der Waals surface area (Å²) < 4.78 is 0. The number of nitrogens with one attached hydrogen (secondary N) is 1. The zero-order chi connectivity index (χ0) is 11.1. The van der Waals surface area contributed by atoms with Crippen molar-refractivity contribution in [2.24, 2.45) is 11.8 Å². The van der Waals surface area contributed by atoms with Gasteiger partial charge in [-0.05, 0) is 18.0 Å². The monoisotopic (exact) mass is 198 g/mol. The molecule has 3 heteroatoms. The standard InChI is InChI=1S/C11H22N2O/c1-6-12-11(14)13(7-9(2)3)8-10(4)5/h6,9-10H,1,7-8H2,2-5H3,(H,12,14). The Kier molecular flexibility index (Phi) is 6.00. The normalized spacial score (nSPS) is 10.4. The quantitative estimate of drug-likeness (QED) is 0.723. The molecular formula is C11H22N2O. The van der Waals surface area contributed by atoms with Crippen molar-refractivity contribution in [3.63, 3.8) is 0 Å². The molecule has 0 bridgehead atoms. The molecule has 0 unspecified atom stereocenters. The van der Waals surface area contributed by atoms with Gasteiger partial charge in [-0.1, -0.05) is 34.3 Å². The molecule has 0 aliphatic rings. The van der Waals surface area contributed by atoms with E-state index in [0.29, 0.717) is 11.8 Å². The molecule has 1 N–H and O–H groups in total. The van der Waals surface area contributed by atoms with Crippen LogP contribution in [-0.4, -0.2) is 24.0 Å². The largest absolute Gasteiger partial charge is 0.324 e. The molecule has 0 aromatic carbocycles. The van der Waals surface area contributed by atoms with Gasteiger partial charge in [0.15, 0.2) is 0 Å². The second-order valence-corrected chi connectivity index (χ2v) is 4.35. The van der Waals surface area contributed by atoms with Crippen LogP contribution in [0, 0.1) is 11.8 Å². The molecule has 0 aromatic rings. The molecule has 0 saturated heterocycles. The molecule has 0 aromatic heterocycles. The molecule has 82 valence electrons. The van der Waals surface area contributed by atoms with Gasteiger partial charge in [-0.15, -0.1) is 0 Å². The van der Waals surface area contributed by atoms with Gasteiger partial charge >= 0.3 is 6.03 Å². The minimum absolute atomic E-state index is 0.0533. The van der Waals surface area contributed by atoms with Crippen molar-refractivity contribution < 1.29 is 4.79 Å². The van der Waals surface area contributed by atoms with Crippen LogP contribution in [0.25, 0.3) is 0 Å². The Hall–Kier alpha value is -0.990. The van der Waals surface area contributed by atoms with Crippen molar-refractivity contribution in [2.45, 2.75) is 27.7 Å². The van der Waals surface area contributed by atoms with E-state index < -0.39 is 0 Å². The van der Waals surface area contributed by atoms with E-state index in [4.69, 9.17) is 0 Å². The van der Waals surface area contributed by atoms with Crippen LogP contribution in [0.3, 0.4) is 0 Å². The lowest BCUT2D eigenvalue weighted by Crippen LogP contribution is -2.41. The molecule has 2 amide bonds. The second kappa shape index (κ2) is 6.46. The number of rotatable bonds is 5. The summed E-state index contributed by atoms with van der Waals surface area (Å²) in [5.41, 5.74) is 0. The zero-order valence-electron chi connectivity index (χ0n) is 9.71. The topological polar surface area (TPSA) is 32.3 Å². The summed E-state index contributed by atoms with van der Waals surface area (Å²) in [5, 5.41) is 2.61. The molecule has 0 heterocycles. The Bertz CT molecular complexity index is 178. The average molecular weight is 198 g/mol. The lowest BCUT2D eigenvalue weighted by Gasteiger charge is -2.25. The average Bonchev–Trinajstić information content (AvgIpc) is 2.01. The first-order valence-corrected chi connectivity index (χ1v) is 5.13. The van der Waals surface area contributed by atoms with E-state index in [1.54, 1.807) is 0 Å². The number of carbonyl (C=O) groups excluding carboxylic acids is 1. The predicted molar refractivity (Wildman–Crippen MR) is 60.0 cm³/mol. The van der Waals surface area contributed by atoms with Crippen molar-refractivity contribution in [1.29, 1.82) is 0 Å². The van der Waals surface area contributed by atoms with Gasteiger partial charge in [-0.25, -0.2) is 4.79 Å². The summed E-state index contributed by atoms with van der Waals surface area (Å²) in [7, 11) is 0. The lowest BCUT2D eigenvalue weighted by molar-refractivity contribution is 0.187. The molecule has 0 atom stereocenters. The Labute approximate surface area is 87.2 Å². The van der Waals surface area contributed by atoms with E-state index >= 15 is 0 Å². The Morgan fingerprint density at radius 1 is 1.29 bits per heavy atom. The number of hydrogen-bond donors (Lipinski definition) is 1. The molecule has 0 fully saturated rings. The number of nitrogens with zero attached hydrogens (tertiary/aromatic N) is 1. The zero-order valence-corrected chi connectivity index (χ0v) is 9.71. The highest BCUT2D eigenvalue weighted by Crippen LogP contribution is 2.03. The van der Waals surface area contributed by atoms with Crippen molar-refractivity contribution >= 4 is 6.03 Å². The van der Waals surface area contributed by atoms with Crippen LogP contribution in [0.15, 0.2) is 12.8 Å². The first kappa shape index (κ1) is 13.0. The van der Waals surface area contributed by atoms with Crippen LogP contribution in [0.1, 0.15) is 27.7 Å². The van der Waals surface area contributed by atoms with E-state index in [2.05, 4.69) is 39.6 Å². The molecule has 0 spiro atoms. The van der Waals surface area contributed by atoms with E-state index in [-0.39, 0.29) is 6.03 Å². The van der Waals surface area contributed by atoms with Gasteiger partial charge in [0.25, 0.3) is 0 Å². The summed E-state index contributed by atoms with van der Waals surface area (Å²) in [4.78, 5) is 13.4. The van der Waals surface area contributed by atoms with Crippen LogP contribution < -0.4 is 5.32 Å². The molecule has 0 saturated carbocycles. The van der Waals surface area contributed by atoms with Gasteiger partial charge in [0.05, 0.1) is 0 Å². The highest BCUT2D eigenvalue weighted by Gasteiger charge is 2.14. The third kappa shape index (κ3) is 5.62. The van der Waals surface area contributed by atoms with Crippen molar-refractivity contribution in [2.75, 3.05) is 13.1 Å². The lowest BCUT2D eigenvalue weighted by atomic mass is 10.1. The SMILES string of the molecule is C=CNC(=O)N(CC(C)C)CC(C)C. The van der Waals surface area contributed by atoms with Crippen molar-refractivity contribution in [1.82, 2.24) is 10.2 Å². The highest BCUT2D eigenvalue weighted by atomic mass is 16.2. The van der Waals surface area contributed by atoms with Gasteiger partial charge in [-0.2, -0.15) is 0 Å². The van der Waals surface area contributed by atoms with E-state index in [1.165, 1.54) is 6.20 Å². The Morgan fingerprint density at radius 2 is 1.71 bits per heavy atom. The maximum absolute atomic E-state index is 11.6. The fraction of sp³-hybridized carbons (Fsp3) is 0.727. The van der Waals surface area contributed by atoms with Crippen LogP contribution in [0.2, 0.25) is 0 Å². The second-order valence-electron chi connectivity index (χ2n) is 4.35. The number of urea groups is 1. The smallest absolute Gasteiger partial charge is 0.321 e. The van der Waals surface area contributed by atoms with Crippen molar-refractivity contribution in [3.8, 4) is 0 Å². The van der Waals surface area contributed by atoms with E-state index in [9.17, 15) is 4.79 Å². The molecular weight excluding hydrogens is 176 g/mol. The van der Waals surface area contributed by atoms with Gasteiger partial charge in [0.1, 0.15) is 0 Å². The first-order chi connectivity index (χ1) is 6.47. The molecule has 0 aliphatic heterocycles. The fourth-order valence-corrected chi connectivity index (χ4v) is 1.30. The molecule has 14 heavy (non-hydrogen) atoms. The number of hydrogen-bond acceptors (Lipinski definition) is 1. The Morgan fingerprint density at radius 3 is 2.00 bits per heavy atom. The number of amides is 2. The third-order valence-electron chi connectivity index (χ3n) is 1.68.